The second kappa shape index (κ2) is 8.69. The molecule has 3 aromatic carbocycles. The van der Waals surface area contributed by atoms with Gasteiger partial charge in [-0.05, 0) is 60.5 Å². The lowest BCUT2D eigenvalue weighted by atomic mass is 10.1. The second-order valence-electron chi connectivity index (χ2n) is 6.94. The van der Waals surface area contributed by atoms with Crippen LogP contribution < -0.4 is 18.5 Å². The van der Waals surface area contributed by atoms with Crippen LogP contribution in [-0.4, -0.2) is 28.2 Å². The molecule has 31 heavy (non-hydrogen) atoms. The van der Waals surface area contributed by atoms with Gasteiger partial charge in [-0.2, -0.15) is 0 Å². The quantitative estimate of drug-likeness (QED) is 0.412. The molecule has 4 rings (SSSR count). The molecule has 7 nitrogen and oxygen atoms in total. The number of hydrogen-bond acceptors (Lipinski definition) is 6. The zero-order chi connectivity index (χ0) is 21.8. The lowest BCUT2D eigenvalue weighted by Gasteiger charge is -2.19. The number of fused-ring (bicyclic) bond motifs is 1. The first-order chi connectivity index (χ1) is 14.9. The third-order valence-corrected chi connectivity index (χ3v) is 6.69. The van der Waals surface area contributed by atoms with Gasteiger partial charge in [0.1, 0.15) is 5.75 Å². The van der Waals surface area contributed by atoms with Gasteiger partial charge in [-0.3, -0.25) is 9.10 Å². The highest BCUT2D eigenvalue weighted by atomic mass is 32.2. The maximum absolute atomic E-state index is 12.7. The molecule has 0 fully saturated rings. The van der Waals surface area contributed by atoms with Gasteiger partial charge in [0.15, 0.2) is 11.5 Å². The first-order valence-electron chi connectivity index (χ1n) is 9.67. The Kier molecular flexibility index (Phi) is 5.81. The average molecular weight is 439 g/mol. The molecule has 0 aromatic heterocycles. The van der Waals surface area contributed by atoms with E-state index in [4.69, 9.17) is 14.2 Å². The van der Waals surface area contributed by atoms with E-state index < -0.39 is 10.0 Å². The van der Waals surface area contributed by atoms with Crippen LogP contribution in [0.15, 0.2) is 77.7 Å². The monoisotopic (exact) mass is 439 g/mol. The van der Waals surface area contributed by atoms with Crippen LogP contribution in [0.4, 0.5) is 5.69 Å². The SMILES string of the molecule is CN(c1ccc(OC(=O)CCc2ccc3c(c2)OCO3)cc1)S(=O)(=O)c1ccccc1. The average Bonchev–Trinajstić information content (AvgIpc) is 3.26. The molecule has 0 saturated heterocycles. The van der Waals surface area contributed by atoms with Crippen LogP contribution in [0.3, 0.4) is 0 Å². The van der Waals surface area contributed by atoms with Crippen LogP contribution >= 0.6 is 0 Å². The second-order valence-corrected chi connectivity index (χ2v) is 8.91. The number of sulfonamides is 1. The molecule has 0 aliphatic carbocycles. The van der Waals surface area contributed by atoms with E-state index in [1.807, 2.05) is 18.2 Å². The summed E-state index contributed by atoms with van der Waals surface area (Å²) >= 11 is 0. The molecular formula is C23H21NO6S. The van der Waals surface area contributed by atoms with Crippen LogP contribution in [-0.2, 0) is 21.2 Å². The zero-order valence-electron chi connectivity index (χ0n) is 16.9. The molecule has 0 spiro atoms. The Labute approximate surface area is 180 Å². The number of nitrogens with zero attached hydrogens (tertiary/aromatic N) is 1. The van der Waals surface area contributed by atoms with E-state index in [-0.39, 0.29) is 24.1 Å². The molecule has 160 valence electrons. The Bertz CT molecular complexity index is 1180. The van der Waals surface area contributed by atoms with Crippen molar-refractivity contribution in [3.63, 3.8) is 0 Å². The van der Waals surface area contributed by atoms with Crippen molar-refractivity contribution >= 4 is 21.7 Å². The smallest absolute Gasteiger partial charge is 0.311 e. The van der Waals surface area contributed by atoms with Gasteiger partial charge < -0.3 is 14.2 Å². The summed E-state index contributed by atoms with van der Waals surface area (Å²) in [6.07, 6.45) is 0.704. The summed E-state index contributed by atoms with van der Waals surface area (Å²) in [5, 5.41) is 0. The normalized spacial score (nSPS) is 12.4. The number of benzene rings is 3. The van der Waals surface area contributed by atoms with Gasteiger partial charge >= 0.3 is 5.97 Å². The van der Waals surface area contributed by atoms with E-state index in [2.05, 4.69) is 0 Å². The first-order valence-corrected chi connectivity index (χ1v) is 11.1. The highest BCUT2D eigenvalue weighted by molar-refractivity contribution is 7.92. The molecule has 0 amide bonds. The van der Waals surface area contributed by atoms with Crippen molar-refractivity contribution in [3.05, 3.63) is 78.4 Å². The fourth-order valence-electron chi connectivity index (χ4n) is 3.14. The van der Waals surface area contributed by atoms with E-state index in [1.54, 1.807) is 54.6 Å². The van der Waals surface area contributed by atoms with Crippen LogP contribution in [0.5, 0.6) is 17.2 Å². The van der Waals surface area contributed by atoms with E-state index in [0.717, 1.165) is 5.56 Å². The largest absolute Gasteiger partial charge is 0.454 e. The third-order valence-electron chi connectivity index (χ3n) is 4.89. The predicted molar refractivity (Wildman–Crippen MR) is 115 cm³/mol. The van der Waals surface area contributed by atoms with Crippen LogP contribution in [0.1, 0.15) is 12.0 Å². The summed E-state index contributed by atoms with van der Waals surface area (Å²) in [7, 11) is -2.18. The standard InChI is InChI=1S/C23H21NO6S/c1-24(31(26,27)20-5-3-2-4-6-20)18-9-11-19(12-10-18)30-23(25)14-8-17-7-13-21-22(15-17)29-16-28-21/h2-7,9-13,15H,8,14,16H2,1H3. The fourth-order valence-corrected chi connectivity index (χ4v) is 4.36. The first kappa shape index (κ1) is 20.7. The molecule has 0 radical (unpaired) electrons. The maximum atomic E-state index is 12.7. The molecule has 3 aromatic rings. The van der Waals surface area contributed by atoms with Gasteiger partial charge in [-0.1, -0.05) is 24.3 Å². The molecule has 1 aliphatic rings. The van der Waals surface area contributed by atoms with Gasteiger partial charge in [-0.25, -0.2) is 8.42 Å². The number of esters is 1. The van der Waals surface area contributed by atoms with Crippen molar-refractivity contribution in [3.8, 4) is 17.2 Å². The summed E-state index contributed by atoms with van der Waals surface area (Å²) in [5.74, 6) is 1.35. The molecule has 1 heterocycles. The topological polar surface area (TPSA) is 82.1 Å². The number of aryl methyl sites for hydroxylation is 1. The molecular weight excluding hydrogens is 418 g/mol. The Morgan fingerprint density at radius 2 is 1.68 bits per heavy atom. The maximum Gasteiger partial charge on any atom is 0.311 e. The van der Waals surface area contributed by atoms with Crippen molar-refractivity contribution < 1.29 is 27.4 Å². The van der Waals surface area contributed by atoms with E-state index in [1.165, 1.54) is 11.4 Å². The van der Waals surface area contributed by atoms with Gasteiger partial charge in [-0.15, -0.1) is 0 Å². The highest BCUT2D eigenvalue weighted by Gasteiger charge is 2.21. The van der Waals surface area contributed by atoms with E-state index in [0.29, 0.717) is 29.4 Å². The molecule has 0 unspecified atom stereocenters. The highest BCUT2D eigenvalue weighted by Crippen LogP contribution is 2.33. The Morgan fingerprint density at radius 3 is 2.42 bits per heavy atom. The van der Waals surface area contributed by atoms with E-state index >= 15 is 0 Å². The number of ether oxygens (including phenoxy) is 3. The van der Waals surface area contributed by atoms with Crippen LogP contribution in [0, 0.1) is 0 Å². The summed E-state index contributed by atoms with van der Waals surface area (Å²) in [5.41, 5.74) is 1.41. The van der Waals surface area contributed by atoms with Crippen molar-refractivity contribution in [2.24, 2.45) is 0 Å². The fraction of sp³-hybridized carbons (Fsp3) is 0.174. The number of carbonyl (C=O) groups excluding carboxylic acids is 1. The van der Waals surface area contributed by atoms with Crippen LogP contribution in [0.25, 0.3) is 0 Å². The molecule has 1 aliphatic heterocycles. The summed E-state index contributed by atoms with van der Waals surface area (Å²) < 4.78 is 42.6. The molecule has 0 bridgehead atoms. The lowest BCUT2D eigenvalue weighted by Crippen LogP contribution is -2.26. The summed E-state index contributed by atoms with van der Waals surface area (Å²) in [6.45, 7) is 0.207. The minimum atomic E-state index is -3.67. The van der Waals surface area contributed by atoms with Crippen LogP contribution in [0.2, 0.25) is 0 Å². The van der Waals surface area contributed by atoms with Crippen molar-refractivity contribution in [1.29, 1.82) is 0 Å². The Morgan fingerprint density at radius 1 is 0.968 bits per heavy atom. The zero-order valence-corrected chi connectivity index (χ0v) is 17.7. The van der Waals surface area contributed by atoms with E-state index in [9.17, 15) is 13.2 Å². The van der Waals surface area contributed by atoms with Crippen molar-refractivity contribution in [2.45, 2.75) is 17.7 Å². The summed E-state index contributed by atoms with van der Waals surface area (Å²) in [4.78, 5) is 12.4. The molecule has 0 atom stereocenters. The molecule has 0 saturated carbocycles. The van der Waals surface area contributed by atoms with Gasteiger partial charge in [0, 0.05) is 13.5 Å². The number of carbonyl (C=O) groups is 1. The van der Waals surface area contributed by atoms with Gasteiger partial charge in [0.05, 0.1) is 10.6 Å². The Balaban J connectivity index is 1.35. The molecule has 8 heteroatoms. The predicted octanol–water partition coefficient (Wildman–Crippen LogP) is 3.78. The number of anilines is 1. The minimum absolute atomic E-state index is 0.198. The lowest BCUT2D eigenvalue weighted by molar-refractivity contribution is -0.134. The van der Waals surface area contributed by atoms with Crippen molar-refractivity contribution in [1.82, 2.24) is 0 Å². The van der Waals surface area contributed by atoms with Gasteiger partial charge in [0.25, 0.3) is 10.0 Å². The molecule has 0 N–H and O–H groups in total. The minimum Gasteiger partial charge on any atom is -0.454 e. The third kappa shape index (κ3) is 4.64. The van der Waals surface area contributed by atoms with Gasteiger partial charge in [0.2, 0.25) is 6.79 Å². The Hall–Kier alpha value is -3.52. The van der Waals surface area contributed by atoms with Crippen molar-refractivity contribution in [2.75, 3.05) is 18.1 Å². The number of hydrogen-bond donors (Lipinski definition) is 0. The number of rotatable bonds is 7. The summed E-state index contributed by atoms with van der Waals surface area (Å²) in [6, 6.07) is 20.1.